The molecule has 0 aromatic carbocycles. The van der Waals surface area contributed by atoms with Gasteiger partial charge in [0.25, 0.3) is 0 Å². The van der Waals surface area contributed by atoms with E-state index in [4.69, 9.17) is 0 Å². The number of thiazole rings is 1. The topological polar surface area (TPSA) is 54.0 Å². The highest BCUT2D eigenvalue weighted by atomic mass is 35.5. The molecule has 0 saturated carbocycles. The molecule has 1 aliphatic carbocycles. The highest BCUT2D eigenvalue weighted by Gasteiger charge is 2.20. The van der Waals surface area contributed by atoms with Gasteiger partial charge < -0.3 is 10.6 Å². The number of aromatic nitrogens is 1. The standard InChI is InChI=1S/C13H19N3OS.ClH/c17-12(7-9-5-6-14-8-9)16-13-15-10-3-1-2-4-11(10)18-13;/h9,14H,1-8H2,(H,15,16,17);1H. The molecule has 1 saturated heterocycles. The first kappa shape index (κ1) is 14.8. The molecule has 1 aliphatic heterocycles. The van der Waals surface area contributed by atoms with Crippen molar-refractivity contribution in [3.8, 4) is 0 Å². The van der Waals surface area contributed by atoms with Gasteiger partial charge in [-0.15, -0.1) is 23.7 Å². The van der Waals surface area contributed by atoms with Gasteiger partial charge in [-0.25, -0.2) is 4.98 Å². The number of halogens is 1. The van der Waals surface area contributed by atoms with Crippen molar-refractivity contribution < 1.29 is 4.79 Å². The van der Waals surface area contributed by atoms with Crippen LogP contribution >= 0.6 is 23.7 Å². The van der Waals surface area contributed by atoms with Crippen molar-refractivity contribution in [1.29, 1.82) is 0 Å². The number of nitrogens with one attached hydrogen (secondary N) is 2. The number of nitrogens with zero attached hydrogens (tertiary/aromatic N) is 1. The molecule has 19 heavy (non-hydrogen) atoms. The maximum absolute atomic E-state index is 11.9. The number of rotatable bonds is 3. The Kier molecular flexibility index (Phi) is 5.19. The van der Waals surface area contributed by atoms with Gasteiger partial charge in [0.15, 0.2) is 5.13 Å². The van der Waals surface area contributed by atoms with E-state index in [0.717, 1.165) is 37.5 Å². The molecular weight excluding hydrogens is 282 g/mol. The maximum atomic E-state index is 11.9. The van der Waals surface area contributed by atoms with Gasteiger partial charge in [-0.2, -0.15) is 0 Å². The molecular formula is C13H20ClN3OS. The van der Waals surface area contributed by atoms with Gasteiger partial charge in [-0.05, 0) is 51.1 Å². The van der Waals surface area contributed by atoms with Crippen molar-refractivity contribution in [1.82, 2.24) is 10.3 Å². The lowest BCUT2D eigenvalue weighted by atomic mass is 10.0. The Bertz CT molecular complexity index is 420. The number of carbonyl (C=O) groups is 1. The molecule has 106 valence electrons. The Morgan fingerprint density at radius 1 is 1.42 bits per heavy atom. The lowest BCUT2D eigenvalue weighted by Crippen LogP contribution is -2.18. The Balaban J connectivity index is 0.00000133. The molecule has 2 N–H and O–H groups in total. The van der Waals surface area contributed by atoms with Crippen LogP contribution in [0.2, 0.25) is 0 Å². The molecule has 4 nitrogen and oxygen atoms in total. The predicted octanol–water partition coefficient (Wildman–Crippen LogP) is 2.38. The summed E-state index contributed by atoms with van der Waals surface area (Å²) in [6, 6.07) is 0. The summed E-state index contributed by atoms with van der Waals surface area (Å²) in [4.78, 5) is 17.8. The minimum absolute atomic E-state index is 0. The lowest BCUT2D eigenvalue weighted by Gasteiger charge is -2.06. The molecule has 1 aromatic heterocycles. The summed E-state index contributed by atoms with van der Waals surface area (Å²) in [5.41, 5.74) is 1.21. The van der Waals surface area contributed by atoms with Crippen molar-refractivity contribution in [2.45, 2.75) is 38.5 Å². The van der Waals surface area contributed by atoms with Crippen LogP contribution in [0.5, 0.6) is 0 Å². The number of carbonyl (C=O) groups excluding carboxylic acids is 1. The van der Waals surface area contributed by atoms with E-state index in [0.29, 0.717) is 12.3 Å². The zero-order valence-electron chi connectivity index (χ0n) is 10.9. The molecule has 6 heteroatoms. The minimum Gasteiger partial charge on any atom is -0.316 e. The molecule has 1 aromatic rings. The van der Waals surface area contributed by atoms with Crippen LogP contribution in [0.4, 0.5) is 5.13 Å². The molecule has 2 aliphatic rings. The highest BCUT2D eigenvalue weighted by Crippen LogP contribution is 2.29. The highest BCUT2D eigenvalue weighted by molar-refractivity contribution is 7.15. The maximum Gasteiger partial charge on any atom is 0.226 e. The van der Waals surface area contributed by atoms with E-state index in [9.17, 15) is 4.79 Å². The lowest BCUT2D eigenvalue weighted by molar-refractivity contribution is -0.116. The monoisotopic (exact) mass is 301 g/mol. The number of aryl methyl sites for hydroxylation is 2. The summed E-state index contributed by atoms with van der Waals surface area (Å²) in [7, 11) is 0. The van der Waals surface area contributed by atoms with E-state index in [1.807, 2.05) is 0 Å². The Morgan fingerprint density at radius 3 is 3.00 bits per heavy atom. The molecule has 1 fully saturated rings. The van der Waals surface area contributed by atoms with Gasteiger partial charge in [0.2, 0.25) is 5.91 Å². The number of hydrogen-bond donors (Lipinski definition) is 2. The van der Waals surface area contributed by atoms with E-state index >= 15 is 0 Å². The van der Waals surface area contributed by atoms with Gasteiger partial charge in [0, 0.05) is 11.3 Å². The van der Waals surface area contributed by atoms with E-state index in [2.05, 4.69) is 15.6 Å². The summed E-state index contributed by atoms with van der Waals surface area (Å²) in [5.74, 6) is 0.620. The SMILES string of the molecule is Cl.O=C(CC1CCNC1)Nc1nc2c(s1)CCCC2. The van der Waals surface area contributed by atoms with Crippen LogP contribution in [0, 0.1) is 5.92 Å². The second-order valence-electron chi connectivity index (χ2n) is 5.21. The Labute approximate surface area is 123 Å². The second-order valence-corrected chi connectivity index (χ2v) is 6.29. The van der Waals surface area contributed by atoms with Gasteiger partial charge in [0.05, 0.1) is 5.69 Å². The zero-order chi connectivity index (χ0) is 12.4. The molecule has 0 spiro atoms. The minimum atomic E-state index is 0. The fourth-order valence-corrected chi connectivity index (χ4v) is 3.79. The van der Waals surface area contributed by atoms with Crippen LogP contribution in [0.25, 0.3) is 0 Å². The van der Waals surface area contributed by atoms with Crippen LogP contribution in [-0.2, 0) is 17.6 Å². The van der Waals surface area contributed by atoms with Crippen LogP contribution in [-0.4, -0.2) is 24.0 Å². The predicted molar refractivity (Wildman–Crippen MR) is 80.2 cm³/mol. The van der Waals surface area contributed by atoms with E-state index in [-0.39, 0.29) is 18.3 Å². The first-order valence-corrected chi connectivity index (χ1v) is 7.62. The largest absolute Gasteiger partial charge is 0.316 e. The first-order chi connectivity index (χ1) is 8.81. The molecule has 1 unspecified atom stereocenters. The van der Waals surface area contributed by atoms with E-state index < -0.39 is 0 Å². The summed E-state index contributed by atoms with van der Waals surface area (Å²) < 4.78 is 0. The van der Waals surface area contributed by atoms with Crippen molar-refractivity contribution in [2.75, 3.05) is 18.4 Å². The van der Waals surface area contributed by atoms with Crippen LogP contribution in [0.3, 0.4) is 0 Å². The second kappa shape index (κ2) is 6.68. The van der Waals surface area contributed by atoms with E-state index in [1.165, 1.54) is 23.4 Å². The summed E-state index contributed by atoms with van der Waals surface area (Å²) in [5, 5.41) is 7.06. The zero-order valence-corrected chi connectivity index (χ0v) is 12.5. The van der Waals surface area contributed by atoms with Crippen molar-refractivity contribution in [2.24, 2.45) is 5.92 Å². The number of fused-ring (bicyclic) bond motifs is 1. The Hall–Kier alpha value is -0.650. The number of anilines is 1. The number of amides is 1. The van der Waals surface area contributed by atoms with Gasteiger partial charge >= 0.3 is 0 Å². The quantitative estimate of drug-likeness (QED) is 0.901. The van der Waals surface area contributed by atoms with Crippen LogP contribution in [0.1, 0.15) is 36.3 Å². The summed E-state index contributed by atoms with van der Waals surface area (Å²) in [6.45, 7) is 2.02. The average Bonchev–Trinajstić information content (AvgIpc) is 2.96. The normalized spacial score (nSPS) is 21.6. The third-order valence-electron chi connectivity index (χ3n) is 3.73. The fraction of sp³-hybridized carbons (Fsp3) is 0.692. The summed E-state index contributed by atoms with van der Waals surface area (Å²) >= 11 is 1.66. The summed E-state index contributed by atoms with van der Waals surface area (Å²) in [6.07, 6.45) is 6.44. The van der Waals surface area contributed by atoms with Crippen LogP contribution < -0.4 is 10.6 Å². The molecule has 0 bridgehead atoms. The van der Waals surface area contributed by atoms with Crippen molar-refractivity contribution in [3.05, 3.63) is 10.6 Å². The average molecular weight is 302 g/mol. The van der Waals surface area contributed by atoms with Crippen LogP contribution in [0.15, 0.2) is 0 Å². The smallest absolute Gasteiger partial charge is 0.226 e. The molecule has 2 heterocycles. The molecule has 0 radical (unpaired) electrons. The fourth-order valence-electron chi connectivity index (χ4n) is 2.73. The molecule has 1 atom stereocenters. The number of hydrogen-bond acceptors (Lipinski definition) is 4. The molecule has 3 rings (SSSR count). The third-order valence-corrected chi connectivity index (χ3v) is 4.80. The third kappa shape index (κ3) is 3.68. The Morgan fingerprint density at radius 2 is 2.26 bits per heavy atom. The van der Waals surface area contributed by atoms with Crippen molar-refractivity contribution >= 4 is 34.8 Å². The van der Waals surface area contributed by atoms with Gasteiger partial charge in [-0.1, -0.05) is 0 Å². The van der Waals surface area contributed by atoms with Gasteiger partial charge in [0.1, 0.15) is 0 Å². The van der Waals surface area contributed by atoms with Gasteiger partial charge in [-0.3, -0.25) is 4.79 Å². The first-order valence-electron chi connectivity index (χ1n) is 6.80. The molecule has 1 amide bonds. The van der Waals surface area contributed by atoms with E-state index in [1.54, 1.807) is 11.3 Å². The van der Waals surface area contributed by atoms with Crippen molar-refractivity contribution in [3.63, 3.8) is 0 Å².